The van der Waals surface area contributed by atoms with Crippen molar-refractivity contribution in [3.8, 4) is 0 Å². The lowest BCUT2D eigenvalue weighted by molar-refractivity contribution is 0.768. The third kappa shape index (κ3) is 2.02. The van der Waals surface area contributed by atoms with Crippen molar-refractivity contribution in [2.24, 2.45) is 7.05 Å². The summed E-state index contributed by atoms with van der Waals surface area (Å²) in [6.45, 7) is 1.99. The Morgan fingerprint density at radius 1 is 1.44 bits per heavy atom. The number of aryl methyl sites for hydroxylation is 1. The zero-order valence-electron chi connectivity index (χ0n) is 10.1. The van der Waals surface area contributed by atoms with Crippen molar-refractivity contribution < 1.29 is 0 Å². The second kappa shape index (κ2) is 4.53. The van der Waals surface area contributed by atoms with Crippen LogP contribution in [0, 0.1) is 0 Å². The van der Waals surface area contributed by atoms with E-state index < -0.39 is 0 Å². The number of benzene rings is 1. The van der Waals surface area contributed by atoms with Gasteiger partial charge in [-0.2, -0.15) is 5.10 Å². The summed E-state index contributed by atoms with van der Waals surface area (Å²) in [5.74, 6) is 0. The minimum absolute atomic E-state index is 0.988. The normalized spacial score (nSPS) is 10.9. The highest BCUT2D eigenvalue weighted by Gasteiger charge is 2.03. The molecule has 0 saturated heterocycles. The molecule has 2 rings (SSSR count). The maximum Gasteiger partial charge on any atom is 0.0680 e. The molecule has 1 aromatic carbocycles. The van der Waals surface area contributed by atoms with E-state index in [-0.39, 0.29) is 0 Å². The van der Waals surface area contributed by atoms with Crippen molar-refractivity contribution in [3.63, 3.8) is 0 Å². The molecule has 0 aliphatic heterocycles. The van der Waals surface area contributed by atoms with Gasteiger partial charge in [-0.15, -0.1) is 0 Å². The molecule has 4 heteroatoms. The number of nitrogens with zero attached hydrogens (tertiary/aromatic N) is 3. The lowest BCUT2D eigenvalue weighted by Crippen LogP contribution is -2.26. The minimum Gasteiger partial charge on any atom is -0.373 e. The van der Waals surface area contributed by atoms with Gasteiger partial charge in [-0.25, -0.2) is 0 Å². The molecule has 1 heterocycles. The Balaban J connectivity index is 2.25. The Hall–Kier alpha value is -1.55. The molecule has 0 bridgehead atoms. The summed E-state index contributed by atoms with van der Waals surface area (Å²) in [5.41, 5.74) is 2.40. The zero-order chi connectivity index (χ0) is 11.5. The molecule has 0 aliphatic carbocycles. The van der Waals surface area contributed by atoms with Crippen LogP contribution < -0.4 is 10.2 Å². The fourth-order valence-corrected chi connectivity index (χ4v) is 1.80. The third-order valence-corrected chi connectivity index (χ3v) is 2.87. The van der Waals surface area contributed by atoms with Crippen molar-refractivity contribution in [1.82, 2.24) is 15.1 Å². The standard InChI is InChI=1S/C12H18N4/c1-13-6-7-15(2)11-4-5-12-10(8-11)9-14-16(12)3/h4-5,8-9,13H,6-7H2,1-3H3. The van der Waals surface area contributed by atoms with Crippen LogP contribution in [-0.2, 0) is 7.05 Å². The summed E-state index contributed by atoms with van der Waals surface area (Å²) in [6.07, 6.45) is 1.91. The summed E-state index contributed by atoms with van der Waals surface area (Å²) in [6, 6.07) is 6.44. The molecule has 0 radical (unpaired) electrons. The number of nitrogens with one attached hydrogen (secondary N) is 1. The topological polar surface area (TPSA) is 33.1 Å². The van der Waals surface area contributed by atoms with E-state index in [1.54, 1.807) is 0 Å². The molecular formula is C12H18N4. The fraction of sp³-hybridized carbons (Fsp3) is 0.417. The van der Waals surface area contributed by atoms with Crippen molar-refractivity contribution in [2.75, 3.05) is 32.1 Å². The second-order valence-electron chi connectivity index (χ2n) is 4.04. The number of rotatable bonds is 4. The SMILES string of the molecule is CNCCN(C)c1ccc2c(cnn2C)c1. The monoisotopic (exact) mass is 218 g/mol. The zero-order valence-corrected chi connectivity index (χ0v) is 10.1. The maximum absolute atomic E-state index is 4.24. The molecule has 0 amide bonds. The van der Waals surface area contributed by atoms with Crippen LogP contribution in [-0.4, -0.2) is 37.0 Å². The molecule has 0 atom stereocenters. The van der Waals surface area contributed by atoms with Crippen LogP contribution in [0.2, 0.25) is 0 Å². The van der Waals surface area contributed by atoms with Crippen molar-refractivity contribution in [1.29, 1.82) is 0 Å². The van der Waals surface area contributed by atoms with Gasteiger partial charge < -0.3 is 10.2 Å². The second-order valence-corrected chi connectivity index (χ2v) is 4.04. The molecule has 16 heavy (non-hydrogen) atoms. The van der Waals surface area contributed by atoms with Crippen LogP contribution in [0.4, 0.5) is 5.69 Å². The number of anilines is 1. The molecule has 86 valence electrons. The summed E-state index contributed by atoms with van der Waals surface area (Å²) < 4.78 is 1.90. The van der Waals surface area contributed by atoms with Crippen LogP contribution >= 0.6 is 0 Å². The van der Waals surface area contributed by atoms with Crippen LogP contribution in [0.15, 0.2) is 24.4 Å². The highest BCUT2D eigenvalue weighted by Crippen LogP contribution is 2.20. The van der Waals surface area contributed by atoms with E-state index in [2.05, 4.69) is 40.6 Å². The number of hydrogen-bond acceptors (Lipinski definition) is 3. The molecule has 0 saturated carbocycles. The van der Waals surface area contributed by atoms with E-state index in [0.717, 1.165) is 13.1 Å². The van der Waals surface area contributed by atoms with Gasteiger partial charge in [0.05, 0.1) is 11.7 Å². The smallest absolute Gasteiger partial charge is 0.0680 e. The van der Waals surface area contributed by atoms with Gasteiger partial charge in [0, 0.05) is 38.3 Å². The van der Waals surface area contributed by atoms with Gasteiger partial charge in [-0.05, 0) is 25.2 Å². The van der Waals surface area contributed by atoms with Gasteiger partial charge >= 0.3 is 0 Å². The highest BCUT2D eigenvalue weighted by molar-refractivity contribution is 5.82. The van der Waals surface area contributed by atoms with E-state index in [1.807, 2.05) is 25.0 Å². The summed E-state index contributed by atoms with van der Waals surface area (Å²) >= 11 is 0. The van der Waals surface area contributed by atoms with Gasteiger partial charge in [-0.1, -0.05) is 0 Å². The average molecular weight is 218 g/mol. The first-order chi connectivity index (χ1) is 7.72. The van der Waals surface area contributed by atoms with Gasteiger partial charge in [0.1, 0.15) is 0 Å². The third-order valence-electron chi connectivity index (χ3n) is 2.87. The lowest BCUT2D eigenvalue weighted by atomic mass is 10.2. The molecule has 0 fully saturated rings. The van der Waals surface area contributed by atoms with E-state index in [0.29, 0.717) is 0 Å². The number of likely N-dealkylation sites (N-methyl/N-ethyl adjacent to an activating group) is 2. The van der Waals surface area contributed by atoms with Crippen molar-refractivity contribution in [3.05, 3.63) is 24.4 Å². The molecule has 0 aliphatic rings. The highest BCUT2D eigenvalue weighted by atomic mass is 15.2. The van der Waals surface area contributed by atoms with Gasteiger partial charge in [0.15, 0.2) is 0 Å². The van der Waals surface area contributed by atoms with Crippen molar-refractivity contribution >= 4 is 16.6 Å². The lowest BCUT2D eigenvalue weighted by Gasteiger charge is -2.19. The van der Waals surface area contributed by atoms with Crippen LogP contribution in [0.5, 0.6) is 0 Å². The first-order valence-electron chi connectivity index (χ1n) is 5.50. The summed E-state index contributed by atoms with van der Waals surface area (Å²) in [4.78, 5) is 2.24. The predicted molar refractivity (Wildman–Crippen MR) is 67.9 cm³/mol. The van der Waals surface area contributed by atoms with E-state index >= 15 is 0 Å². The molecule has 0 spiro atoms. The van der Waals surface area contributed by atoms with Crippen molar-refractivity contribution in [2.45, 2.75) is 0 Å². The molecule has 1 aromatic heterocycles. The molecule has 0 unspecified atom stereocenters. The van der Waals surface area contributed by atoms with Gasteiger partial charge in [0.25, 0.3) is 0 Å². The number of aromatic nitrogens is 2. The number of fused-ring (bicyclic) bond motifs is 1. The van der Waals surface area contributed by atoms with Gasteiger partial charge in [-0.3, -0.25) is 4.68 Å². The molecule has 4 nitrogen and oxygen atoms in total. The van der Waals surface area contributed by atoms with Gasteiger partial charge in [0.2, 0.25) is 0 Å². The first-order valence-corrected chi connectivity index (χ1v) is 5.50. The molecule has 2 aromatic rings. The fourth-order valence-electron chi connectivity index (χ4n) is 1.80. The predicted octanol–water partition coefficient (Wildman–Crippen LogP) is 1.23. The summed E-state index contributed by atoms with van der Waals surface area (Å²) in [5, 5.41) is 8.59. The average Bonchev–Trinajstić information content (AvgIpc) is 2.67. The quantitative estimate of drug-likeness (QED) is 0.838. The van der Waals surface area contributed by atoms with E-state index in [4.69, 9.17) is 0 Å². The Morgan fingerprint density at radius 3 is 3.00 bits per heavy atom. The Bertz CT molecular complexity index is 475. The first kappa shape index (κ1) is 11.0. The largest absolute Gasteiger partial charge is 0.373 e. The number of hydrogen-bond donors (Lipinski definition) is 1. The summed E-state index contributed by atoms with van der Waals surface area (Å²) in [7, 11) is 6.04. The molecule has 1 N–H and O–H groups in total. The van der Waals surface area contributed by atoms with Crippen LogP contribution in [0.3, 0.4) is 0 Å². The van der Waals surface area contributed by atoms with E-state index in [9.17, 15) is 0 Å². The minimum atomic E-state index is 0.988. The Kier molecular flexibility index (Phi) is 3.10. The Labute approximate surface area is 95.9 Å². The maximum atomic E-state index is 4.24. The van der Waals surface area contributed by atoms with Crippen LogP contribution in [0.25, 0.3) is 10.9 Å². The van der Waals surface area contributed by atoms with Crippen LogP contribution in [0.1, 0.15) is 0 Å². The molecular weight excluding hydrogens is 200 g/mol. The Morgan fingerprint density at radius 2 is 2.25 bits per heavy atom. The van der Waals surface area contributed by atoms with E-state index in [1.165, 1.54) is 16.6 Å².